The highest BCUT2D eigenvalue weighted by Gasteiger charge is 2.28. The fourth-order valence-corrected chi connectivity index (χ4v) is 9.38. The van der Waals surface area contributed by atoms with Crippen LogP contribution in [0.1, 0.15) is 303 Å². The van der Waals surface area contributed by atoms with Gasteiger partial charge in [0.15, 0.2) is 6.10 Å². The van der Waals surface area contributed by atoms with E-state index in [0.29, 0.717) is 19.3 Å². The van der Waals surface area contributed by atoms with Gasteiger partial charge in [-0.05, 0) is 19.3 Å². The number of hydrogen-bond acceptors (Lipinski definition) is 10. The second-order valence-corrected chi connectivity index (χ2v) is 21.3. The highest BCUT2D eigenvalue weighted by Crippen LogP contribution is 2.43. The van der Waals surface area contributed by atoms with Crippen molar-refractivity contribution in [1.82, 2.24) is 0 Å². The van der Waals surface area contributed by atoms with Crippen LogP contribution in [0.2, 0.25) is 0 Å². The molecule has 0 amide bonds. The van der Waals surface area contributed by atoms with Crippen LogP contribution in [0.5, 0.6) is 0 Å². The number of rotatable bonds is 55. The minimum atomic E-state index is -4.73. The molecule has 0 saturated heterocycles. The van der Waals surface area contributed by atoms with Gasteiger partial charge in [0.1, 0.15) is 12.7 Å². The minimum absolute atomic E-state index is 0.179. The molecule has 0 rings (SSSR count). The number of esters is 3. The normalized spacial score (nSPS) is 13.3. The summed E-state index contributed by atoms with van der Waals surface area (Å²) < 4.78 is 39.5. The molecule has 404 valence electrons. The van der Waals surface area contributed by atoms with Crippen LogP contribution < -0.4 is 0 Å². The van der Waals surface area contributed by atoms with E-state index in [4.69, 9.17) is 23.3 Å². The zero-order valence-corrected chi connectivity index (χ0v) is 45.5. The molecule has 0 spiro atoms. The molecule has 0 aromatic carbocycles. The van der Waals surface area contributed by atoms with E-state index in [9.17, 15) is 28.9 Å². The van der Waals surface area contributed by atoms with Crippen molar-refractivity contribution in [3.63, 3.8) is 0 Å². The van der Waals surface area contributed by atoms with Gasteiger partial charge in [-0.2, -0.15) is 0 Å². The first-order valence-electron chi connectivity index (χ1n) is 28.9. The van der Waals surface area contributed by atoms with Crippen molar-refractivity contribution in [2.75, 3.05) is 26.4 Å². The Morgan fingerprint density at radius 1 is 0.353 bits per heavy atom. The van der Waals surface area contributed by atoms with Crippen LogP contribution in [-0.2, 0) is 42.2 Å². The monoisotopic (exact) mass is 989 g/mol. The molecule has 3 atom stereocenters. The Bertz CT molecular complexity index is 1150. The Kier molecular flexibility index (Phi) is 50.7. The van der Waals surface area contributed by atoms with E-state index in [2.05, 4.69) is 20.8 Å². The number of phosphoric ester groups is 1. The summed E-state index contributed by atoms with van der Waals surface area (Å²) in [5.74, 6) is -1.43. The first kappa shape index (κ1) is 66.5. The molecule has 0 radical (unpaired) electrons. The third-order valence-corrected chi connectivity index (χ3v) is 14.0. The summed E-state index contributed by atoms with van der Waals surface area (Å²) in [5.41, 5.74) is 0. The van der Waals surface area contributed by atoms with Crippen LogP contribution >= 0.6 is 7.82 Å². The lowest BCUT2D eigenvalue weighted by molar-refractivity contribution is -0.161. The molecule has 0 bridgehead atoms. The van der Waals surface area contributed by atoms with Crippen molar-refractivity contribution in [3.8, 4) is 0 Å². The van der Waals surface area contributed by atoms with E-state index >= 15 is 0 Å². The van der Waals surface area contributed by atoms with E-state index in [1.54, 1.807) is 0 Å². The van der Waals surface area contributed by atoms with Crippen molar-refractivity contribution in [1.29, 1.82) is 0 Å². The average molecular weight is 989 g/mol. The van der Waals surface area contributed by atoms with Crippen LogP contribution in [0.25, 0.3) is 0 Å². The van der Waals surface area contributed by atoms with Crippen molar-refractivity contribution in [3.05, 3.63) is 0 Å². The average Bonchev–Trinajstić information content (AvgIpc) is 3.32. The molecule has 0 aliphatic rings. The second kappa shape index (κ2) is 51.8. The van der Waals surface area contributed by atoms with Gasteiger partial charge in [-0.25, -0.2) is 4.57 Å². The van der Waals surface area contributed by atoms with Crippen LogP contribution in [0.15, 0.2) is 0 Å². The Morgan fingerprint density at radius 2 is 0.588 bits per heavy atom. The lowest BCUT2D eigenvalue weighted by Crippen LogP contribution is -2.30. The number of carbonyl (C=O) groups excluding carboxylic acids is 3. The van der Waals surface area contributed by atoms with Gasteiger partial charge in [0.05, 0.1) is 19.8 Å². The molecule has 0 heterocycles. The first-order chi connectivity index (χ1) is 33.2. The highest BCUT2D eigenvalue weighted by atomic mass is 31.2. The molecule has 0 aliphatic carbocycles. The Labute approximate surface area is 418 Å². The minimum Gasteiger partial charge on any atom is -0.462 e. The van der Waals surface area contributed by atoms with Crippen molar-refractivity contribution < 1.29 is 52.2 Å². The lowest BCUT2D eigenvalue weighted by Gasteiger charge is -2.21. The van der Waals surface area contributed by atoms with Gasteiger partial charge in [-0.3, -0.25) is 23.4 Å². The quantitative estimate of drug-likeness (QED) is 0.0259. The molecule has 0 saturated carbocycles. The van der Waals surface area contributed by atoms with Gasteiger partial charge in [0.25, 0.3) is 0 Å². The number of aliphatic hydroxyl groups is 1. The summed E-state index contributed by atoms with van der Waals surface area (Å²) in [4.78, 5) is 48.4. The molecule has 68 heavy (non-hydrogen) atoms. The van der Waals surface area contributed by atoms with E-state index in [0.717, 1.165) is 57.8 Å². The molecular weight excluding hydrogens is 880 g/mol. The molecule has 0 aromatic heterocycles. The maximum absolute atomic E-state index is 12.9. The number of aliphatic hydroxyl groups excluding tert-OH is 1. The zero-order chi connectivity index (χ0) is 49.9. The van der Waals surface area contributed by atoms with Crippen LogP contribution in [-0.4, -0.2) is 66.5 Å². The van der Waals surface area contributed by atoms with Crippen molar-refractivity contribution in [2.45, 2.75) is 315 Å². The van der Waals surface area contributed by atoms with Crippen LogP contribution in [0.4, 0.5) is 0 Å². The number of carbonyl (C=O) groups is 3. The lowest BCUT2D eigenvalue weighted by atomic mass is 10.0. The fraction of sp³-hybridized carbons (Fsp3) is 0.946. The van der Waals surface area contributed by atoms with Gasteiger partial charge in [0, 0.05) is 19.3 Å². The summed E-state index contributed by atoms with van der Waals surface area (Å²) in [7, 11) is -4.73. The third kappa shape index (κ3) is 49.5. The summed E-state index contributed by atoms with van der Waals surface area (Å²) in [6.45, 7) is 4.69. The summed E-state index contributed by atoms with van der Waals surface area (Å²) in [5, 5.41) is 9.78. The molecule has 12 heteroatoms. The largest absolute Gasteiger partial charge is 0.472 e. The first-order valence-corrected chi connectivity index (χ1v) is 30.4. The molecule has 0 fully saturated rings. The van der Waals surface area contributed by atoms with Gasteiger partial charge in [0.2, 0.25) is 0 Å². The molecule has 0 aliphatic heterocycles. The van der Waals surface area contributed by atoms with E-state index < -0.39 is 57.8 Å². The second-order valence-electron chi connectivity index (χ2n) is 19.8. The Morgan fingerprint density at radius 3 is 0.868 bits per heavy atom. The number of unbranched alkanes of at least 4 members (excludes halogenated alkanes) is 38. The standard InChI is InChI=1S/C56H109O11P/c1-4-7-10-13-16-19-22-23-24-25-26-27-28-29-32-35-38-41-44-47-56(60)67-53(49-63-54(58)45-42-39-36-33-30-20-17-14-11-8-5-2)51-65-68(61,62)64-50-52(48-57)66-55(59)46-43-40-37-34-31-21-18-15-12-9-6-3/h52-53,57H,4-51H2,1-3H3,(H,61,62). The summed E-state index contributed by atoms with van der Waals surface area (Å²) >= 11 is 0. The summed E-state index contributed by atoms with van der Waals surface area (Å²) in [6.07, 6.45) is 47.8. The maximum atomic E-state index is 12.9. The predicted molar refractivity (Wildman–Crippen MR) is 280 cm³/mol. The zero-order valence-electron chi connectivity index (χ0n) is 44.6. The fourth-order valence-electron chi connectivity index (χ4n) is 8.59. The Balaban J connectivity index is 4.62. The molecule has 2 N–H and O–H groups in total. The van der Waals surface area contributed by atoms with Gasteiger partial charge in [-0.1, -0.05) is 265 Å². The SMILES string of the molecule is CCCCCCCCCCCCCCCCCCCCCC(=O)OC(COC(=O)CCCCCCCCCCCCC)COP(=O)(O)OCC(CO)OC(=O)CCCCCCCCCCCCC. The maximum Gasteiger partial charge on any atom is 0.472 e. The smallest absolute Gasteiger partial charge is 0.462 e. The van der Waals surface area contributed by atoms with Crippen molar-refractivity contribution in [2.24, 2.45) is 0 Å². The van der Waals surface area contributed by atoms with Crippen LogP contribution in [0, 0.1) is 0 Å². The number of ether oxygens (including phenoxy) is 3. The molecule has 11 nitrogen and oxygen atoms in total. The topological polar surface area (TPSA) is 155 Å². The third-order valence-electron chi connectivity index (χ3n) is 13.0. The molecule has 0 aromatic rings. The molecule has 3 unspecified atom stereocenters. The van der Waals surface area contributed by atoms with Gasteiger partial charge < -0.3 is 24.2 Å². The Hall–Kier alpha value is -1.52. The van der Waals surface area contributed by atoms with E-state index in [-0.39, 0.29) is 25.9 Å². The number of phosphoric acid groups is 1. The van der Waals surface area contributed by atoms with Gasteiger partial charge >= 0.3 is 25.7 Å². The van der Waals surface area contributed by atoms with Gasteiger partial charge in [-0.15, -0.1) is 0 Å². The van der Waals surface area contributed by atoms with E-state index in [1.165, 1.54) is 186 Å². The van der Waals surface area contributed by atoms with Crippen LogP contribution in [0.3, 0.4) is 0 Å². The van der Waals surface area contributed by atoms with E-state index in [1.807, 2.05) is 0 Å². The highest BCUT2D eigenvalue weighted by molar-refractivity contribution is 7.47. The number of hydrogen-bond donors (Lipinski definition) is 2. The summed E-state index contributed by atoms with van der Waals surface area (Å²) in [6, 6.07) is 0. The molecular formula is C56H109O11P. The van der Waals surface area contributed by atoms with Crippen molar-refractivity contribution >= 4 is 25.7 Å². The predicted octanol–water partition coefficient (Wildman–Crippen LogP) is 16.7.